The molecule has 1 aliphatic rings. The average Bonchev–Trinajstić information content (AvgIpc) is 3.23. The predicted molar refractivity (Wildman–Crippen MR) is 104 cm³/mol. The van der Waals surface area contributed by atoms with E-state index in [9.17, 15) is 4.79 Å². The molecule has 1 unspecified atom stereocenters. The fraction of sp³-hybridized carbons (Fsp3) is 0.368. The van der Waals surface area contributed by atoms with Gasteiger partial charge in [0.1, 0.15) is 5.82 Å². The van der Waals surface area contributed by atoms with Crippen molar-refractivity contribution in [1.82, 2.24) is 24.8 Å². The number of piperidine rings is 1. The Labute approximate surface area is 161 Å². The Hall–Kier alpha value is -2.58. The van der Waals surface area contributed by atoms with Gasteiger partial charge in [0.25, 0.3) is 5.56 Å². The van der Waals surface area contributed by atoms with E-state index in [0.29, 0.717) is 11.8 Å². The van der Waals surface area contributed by atoms with Gasteiger partial charge in [0.05, 0.1) is 17.7 Å². The second-order valence-corrected chi connectivity index (χ2v) is 7.60. The minimum absolute atomic E-state index is 0.0934. The molecule has 0 aliphatic carbocycles. The molecule has 0 amide bonds. The van der Waals surface area contributed by atoms with Crippen molar-refractivity contribution in [3.8, 4) is 16.7 Å². The summed E-state index contributed by atoms with van der Waals surface area (Å²) in [6, 6.07) is 5.96. The van der Waals surface area contributed by atoms with Crippen LogP contribution < -0.4 is 10.3 Å². The lowest BCUT2D eigenvalue weighted by molar-refractivity contribution is 0.198. The number of nitrogens with zero attached hydrogens (tertiary/aromatic N) is 4. The highest BCUT2D eigenvalue weighted by Crippen LogP contribution is 2.28. The molecule has 0 saturated carbocycles. The standard InChI is InChI=1S/C19H21N5O2S/c1-26-19-20-9-13(10-21-19)11-24-6-2-4-14(12-24)15-8-17(25)23-18(22-15)16-5-3-7-27-16/h3,5,7-10,14H,2,4,6,11-12H2,1H3,(H,22,23,25). The molecule has 0 aromatic carbocycles. The third-order valence-electron chi connectivity index (χ3n) is 4.71. The van der Waals surface area contributed by atoms with E-state index in [2.05, 4.69) is 19.9 Å². The molecule has 1 N–H and O–H groups in total. The molecule has 1 atom stereocenters. The lowest BCUT2D eigenvalue weighted by atomic mass is 9.94. The molecule has 140 valence electrons. The number of aromatic nitrogens is 4. The van der Waals surface area contributed by atoms with Crippen LogP contribution in [0.3, 0.4) is 0 Å². The number of ether oxygens (including phenoxy) is 1. The normalized spacial score (nSPS) is 17.7. The first kappa shape index (κ1) is 17.8. The van der Waals surface area contributed by atoms with Gasteiger partial charge in [-0.3, -0.25) is 9.69 Å². The van der Waals surface area contributed by atoms with Crippen LogP contribution in [-0.4, -0.2) is 45.0 Å². The zero-order chi connectivity index (χ0) is 18.6. The van der Waals surface area contributed by atoms with Crippen molar-refractivity contribution in [1.29, 1.82) is 0 Å². The zero-order valence-electron chi connectivity index (χ0n) is 15.1. The van der Waals surface area contributed by atoms with E-state index in [1.807, 2.05) is 17.5 Å². The number of H-pyrrole nitrogens is 1. The van der Waals surface area contributed by atoms with Crippen molar-refractivity contribution < 1.29 is 4.74 Å². The van der Waals surface area contributed by atoms with Crippen LogP contribution in [0, 0.1) is 0 Å². The molecule has 7 nitrogen and oxygen atoms in total. The van der Waals surface area contributed by atoms with Crippen LogP contribution >= 0.6 is 11.3 Å². The smallest absolute Gasteiger partial charge is 0.316 e. The van der Waals surface area contributed by atoms with Crippen molar-refractivity contribution in [2.24, 2.45) is 0 Å². The maximum Gasteiger partial charge on any atom is 0.316 e. The molecule has 0 spiro atoms. The minimum Gasteiger partial charge on any atom is -0.467 e. The van der Waals surface area contributed by atoms with E-state index in [1.54, 1.807) is 36.9 Å². The second-order valence-electron chi connectivity index (χ2n) is 6.65. The van der Waals surface area contributed by atoms with Crippen molar-refractivity contribution in [3.05, 3.63) is 57.6 Å². The topological polar surface area (TPSA) is 84.0 Å². The van der Waals surface area contributed by atoms with Crippen LogP contribution in [0.1, 0.15) is 30.0 Å². The molecule has 4 heterocycles. The van der Waals surface area contributed by atoms with Gasteiger partial charge < -0.3 is 9.72 Å². The number of rotatable bonds is 5. The van der Waals surface area contributed by atoms with Crippen LogP contribution in [-0.2, 0) is 6.54 Å². The van der Waals surface area contributed by atoms with Gasteiger partial charge >= 0.3 is 6.01 Å². The van der Waals surface area contributed by atoms with Gasteiger partial charge in [-0.2, -0.15) is 0 Å². The van der Waals surface area contributed by atoms with Crippen molar-refractivity contribution in [2.45, 2.75) is 25.3 Å². The number of hydrogen-bond acceptors (Lipinski definition) is 7. The first-order valence-corrected chi connectivity index (χ1v) is 9.81. The lowest BCUT2D eigenvalue weighted by Crippen LogP contribution is -2.34. The molecular weight excluding hydrogens is 362 g/mol. The number of thiophene rings is 1. The van der Waals surface area contributed by atoms with Crippen molar-refractivity contribution >= 4 is 11.3 Å². The first-order valence-electron chi connectivity index (χ1n) is 8.93. The average molecular weight is 383 g/mol. The Morgan fingerprint density at radius 3 is 2.96 bits per heavy atom. The quantitative estimate of drug-likeness (QED) is 0.729. The fourth-order valence-corrected chi connectivity index (χ4v) is 4.11. The third-order valence-corrected chi connectivity index (χ3v) is 5.59. The van der Waals surface area contributed by atoms with Gasteiger partial charge in [-0.1, -0.05) is 6.07 Å². The number of methoxy groups -OCH3 is 1. The largest absolute Gasteiger partial charge is 0.467 e. The molecule has 1 saturated heterocycles. The summed E-state index contributed by atoms with van der Waals surface area (Å²) in [5, 5.41) is 1.99. The summed E-state index contributed by atoms with van der Waals surface area (Å²) in [5.41, 5.74) is 1.83. The summed E-state index contributed by atoms with van der Waals surface area (Å²) >= 11 is 1.58. The Morgan fingerprint density at radius 1 is 1.37 bits per heavy atom. The van der Waals surface area contributed by atoms with Gasteiger partial charge in [0, 0.05) is 43.0 Å². The summed E-state index contributed by atoms with van der Waals surface area (Å²) in [6.07, 6.45) is 5.71. The first-order chi connectivity index (χ1) is 13.2. The van der Waals surface area contributed by atoms with Crippen LogP contribution in [0.15, 0.2) is 40.8 Å². The lowest BCUT2D eigenvalue weighted by Gasteiger charge is -2.32. The predicted octanol–water partition coefficient (Wildman–Crippen LogP) is 2.68. The zero-order valence-corrected chi connectivity index (χ0v) is 15.9. The molecule has 27 heavy (non-hydrogen) atoms. The van der Waals surface area contributed by atoms with Gasteiger partial charge in [0.2, 0.25) is 0 Å². The van der Waals surface area contributed by atoms with Gasteiger partial charge in [-0.25, -0.2) is 15.0 Å². The molecule has 3 aromatic heterocycles. The highest BCUT2D eigenvalue weighted by Gasteiger charge is 2.23. The summed E-state index contributed by atoms with van der Waals surface area (Å²) in [5.74, 6) is 0.909. The van der Waals surface area contributed by atoms with E-state index < -0.39 is 0 Å². The SMILES string of the molecule is COc1ncc(CN2CCCC(c3cc(=O)[nH]c(-c4cccs4)n3)C2)cn1. The summed E-state index contributed by atoms with van der Waals surface area (Å²) < 4.78 is 5.01. The van der Waals surface area contributed by atoms with Crippen molar-refractivity contribution in [2.75, 3.05) is 20.2 Å². The third kappa shape index (κ3) is 4.23. The Kier molecular flexibility index (Phi) is 5.26. The molecule has 1 fully saturated rings. The molecule has 0 bridgehead atoms. The molecule has 1 aliphatic heterocycles. The van der Waals surface area contributed by atoms with Gasteiger partial charge in [-0.05, 0) is 30.8 Å². The number of aromatic amines is 1. The highest BCUT2D eigenvalue weighted by molar-refractivity contribution is 7.13. The monoisotopic (exact) mass is 383 g/mol. The Bertz CT molecular complexity index is 939. The summed E-state index contributed by atoms with van der Waals surface area (Å²) in [7, 11) is 1.56. The molecule has 3 aromatic rings. The van der Waals surface area contributed by atoms with E-state index in [0.717, 1.165) is 48.6 Å². The van der Waals surface area contributed by atoms with Crippen LogP contribution in [0.4, 0.5) is 0 Å². The van der Waals surface area contributed by atoms with Gasteiger partial charge in [0.15, 0.2) is 0 Å². The van der Waals surface area contributed by atoms with Crippen LogP contribution in [0.25, 0.3) is 10.7 Å². The molecular formula is C19H21N5O2S. The molecule has 8 heteroatoms. The number of nitrogens with one attached hydrogen (secondary N) is 1. The number of hydrogen-bond donors (Lipinski definition) is 1. The Morgan fingerprint density at radius 2 is 2.22 bits per heavy atom. The second kappa shape index (κ2) is 7.98. The van der Waals surface area contributed by atoms with E-state index in [4.69, 9.17) is 9.72 Å². The molecule has 0 radical (unpaired) electrons. The Balaban J connectivity index is 1.50. The fourth-order valence-electron chi connectivity index (χ4n) is 3.44. The van der Waals surface area contributed by atoms with E-state index >= 15 is 0 Å². The van der Waals surface area contributed by atoms with Crippen molar-refractivity contribution in [3.63, 3.8) is 0 Å². The van der Waals surface area contributed by atoms with E-state index in [1.165, 1.54) is 0 Å². The maximum absolute atomic E-state index is 12.1. The highest BCUT2D eigenvalue weighted by atomic mass is 32.1. The van der Waals surface area contributed by atoms with Crippen LogP contribution in [0.2, 0.25) is 0 Å². The summed E-state index contributed by atoms with van der Waals surface area (Å²) in [6.45, 7) is 2.66. The van der Waals surface area contributed by atoms with E-state index in [-0.39, 0.29) is 11.5 Å². The van der Waals surface area contributed by atoms with Gasteiger partial charge in [-0.15, -0.1) is 11.3 Å². The number of likely N-dealkylation sites (tertiary alicyclic amines) is 1. The maximum atomic E-state index is 12.1. The minimum atomic E-state index is -0.0934. The summed E-state index contributed by atoms with van der Waals surface area (Å²) in [4.78, 5) is 31.5. The molecule has 4 rings (SSSR count). The van der Waals surface area contributed by atoms with Crippen LogP contribution in [0.5, 0.6) is 6.01 Å².